The molecular weight excluding hydrogens is 192 g/mol. The summed E-state index contributed by atoms with van der Waals surface area (Å²) >= 11 is -4.64. The van der Waals surface area contributed by atoms with Crippen molar-refractivity contribution in [3.8, 4) is 0 Å². The van der Waals surface area contributed by atoms with E-state index in [4.69, 9.17) is 0 Å². The van der Waals surface area contributed by atoms with Crippen LogP contribution in [0.1, 0.15) is 11.1 Å². The van der Waals surface area contributed by atoms with E-state index in [0.717, 1.165) is 6.42 Å². The van der Waals surface area contributed by atoms with Gasteiger partial charge in [-0.05, 0) is 25.8 Å². The third-order valence-electron chi connectivity index (χ3n) is 1.41. The van der Waals surface area contributed by atoms with Gasteiger partial charge < -0.3 is 10.6 Å². The predicted molar refractivity (Wildman–Crippen MR) is 49.3 cm³/mol. The van der Waals surface area contributed by atoms with Crippen molar-refractivity contribution >= 4 is 15.5 Å². The Labute approximate surface area is 82.2 Å². The molecule has 0 bridgehead atoms. The second-order valence-electron chi connectivity index (χ2n) is 2.48. The molecule has 0 aliphatic heterocycles. The highest BCUT2D eigenvalue weighted by Crippen LogP contribution is 2.02. The van der Waals surface area contributed by atoms with Crippen LogP contribution in [0.2, 0.25) is 0 Å². The van der Waals surface area contributed by atoms with E-state index < -0.39 is 15.5 Å². The summed E-state index contributed by atoms with van der Waals surface area (Å²) in [5, 5.41) is 0. The van der Waals surface area contributed by atoms with Crippen LogP contribution in [0.5, 0.6) is 0 Å². The Morgan fingerprint density at radius 3 is 1.85 bits per heavy atom. The van der Waals surface area contributed by atoms with Crippen LogP contribution in [0.4, 0.5) is 10.6 Å². The van der Waals surface area contributed by atoms with Crippen molar-refractivity contribution in [1.82, 2.24) is 0 Å². The van der Waals surface area contributed by atoms with E-state index in [2.05, 4.69) is 38.1 Å². The fourth-order valence-electron chi connectivity index (χ4n) is 0.755. The molecule has 0 spiro atoms. The topological polar surface area (TPSA) is 0 Å². The minimum Gasteiger partial charge on any atom is -0.346 e. The predicted octanol–water partition coefficient (Wildman–Crippen LogP) is 3.25. The van der Waals surface area contributed by atoms with Crippen molar-refractivity contribution in [3.05, 3.63) is 42.3 Å². The minimum atomic E-state index is -4.64. The molecule has 0 amide bonds. The van der Waals surface area contributed by atoms with Gasteiger partial charge in [0.05, 0.1) is 0 Å². The average Bonchev–Trinajstić information content (AvgIpc) is 2.05. The molecule has 0 aliphatic carbocycles. The largest absolute Gasteiger partial charge is 1.04 e. The number of hydrogen-bond donors (Lipinski definition) is 0. The normalized spacial score (nSPS) is 8.69. The maximum Gasteiger partial charge on any atom is 1.04 e. The van der Waals surface area contributed by atoms with Gasteiger partial charge in [-0.3, -0.25) is 0 Å². The van der Waals surface area contributed by atoms with E-state index in [0.29, 0.717) is 0 Å². The van der Waals surface area contributed by atoms with Crippen LogP contribution in [0.25, 0.3) is 0 Å². The quantitative estimate of drug-likeness (QED) is 0.614. The zero-order valence-electron chi connectivity index (χ0n) is 7.43. The summed E-state index contributed by atoms with van der Waals surface area (Å²) in [6, 6.07) is 8.45. The van der Waals surface area contributed by atoms with E-state index in [-0.39, 0.29) is 0 Å². The van der Waals surface area contributed by atoms with Gasteiger partial charge >= 0.3 is 15.5 Å². The fraction of sp³-hybridized carbons (Fsp3) is 0.222. The molecule has 0 aromatic heterocycles. The Balaban J connectivity index is 0.000000310. The Kier molecular flexibility index (Phi) is 6.75. The molecule has 0 heterocycles. The van der Waals surface area contributed by atoms with Gasteiger partial charge in [0.1, 0.15) is 0 Å². The minimum absolute atomic E-state index is 0.889. The summed E-state index contributed by atoms with van der Waals surface area (Å²) in [6.45, 7) is 5.88. The number of benzene rings is 1. The van der Waals surface area contributed by atoms with Crippen LogP contribution in [0, 0.1) is 13.8 Å². The van der Waals surface area contributed by atoms with Crippen LogP contribution in [0.15, 0.2) is 24.3 Å². The number of halogens is 3. The van der Waals surface area contributed by atoms with Crippen LogP contribution in [-0.4, -0.2) is 15.5 Å². The third kappa shape index (κ3) is 7.89. The van der Waals surface area contributed by atoms with Gasteiger partial charge in [0, 0.05) is 0 Å². The zero-order chi connectivity index (χ0) is 10.3. The molecule has 0 saturated carbocycles. The first-order chi connectivity index (χ1) is 6.06. The standard InChI is InChI=1S/C9H11.Al.3FH/c1-3-9-6-4-8(2)5-7-9;;;;/h4-7H,1,3H2,2H3;;3*1H/q;+3;;;/p-3. The third-order valence-corrected chi connectivity index (χ3v) is 1.41. The first-order valence-corrected chi connectivity index (χ1v) is 5.14. The Hall–Kier alpha value is -0.458. The SMILES string of the molecule is [CH2]Cc1ccc(C)cc1.[F][Al]([F])[F]. The molecule has 0 fully saturated rings. The molecule has 0 aliphatic rings. The first-order valence-electron chi connectivity index (χ1n) is 3.83. The molecule has 0 N–H and O–H groups in total. The maximum absolute atomic E-state index is 9.81. The molecule has 1 aromatic rings. The van der Waals surface area contributed by atoms with Crippen molar-refractivity contribution in [3.63, 3.8) is 0 Å². The smallest absolute Gasteiger partial charge is 0.346 e. The second kappa shape index (κ2) is 6.99. The monoisotopic (exact) mass is 203 g/mol. The van der Waals surface area contributed by atoms with Crippen LogP contribution in [0.3, 0.4) is 0 Å². The van der Waals surface area contributed by atoms with Gasteiger partial charge in [-0.15, -0.1) is 0 Å². The Bertz CT molecular complexity index is 218. The number of aryl methyl sites for hydroxylation is 1. The molecule has 71 valence electrons. The summed E-state index contributed by atoms with van der Waals surface area (Å²) in [5.41, 5.74) is 2.62. The molecule has 1 radical (unpaired) electrons. The maximum atomic E-state index is 9.81. The summed E-state index contributed by atoms with van der Waals surface area (Å²) in [7, 11) is 0. The number of hydrogen-bond acceptors (Lipinski definition) is 0. The van der Waals surface area contributed by atoms with Crippen molar-refractivity contribution in [1.29, 1.82) is 0 Å². The molecule has 0 atom stereocenters. The van der Waals surface area contributed by atoms with Crippen molar-refractivity contribution < 1.29 is 10.6 Å². The lowest BCUT2D eigenvalue weighted by molar-refractivity contribution is 0.535. The van der Waals surface area contributed by atoms with Gasteiger partial charge in [0.25, 0.3) is 0 Å². The van der Waals surface area contributed by atoms with Gasteiger partial charge in [-0.1, -0.05) is 29.8 Å². The average molecular weight is 203 g/mol. The molecule has 13 heavy (non-hydrogen) atoms. The Morgan fingerprint density at radius 1 is 1.15 bits per heavy atom. The van der Waals surface area contributed by atoms with E-state index in [1.165, 1.54) is 11.1 Å². The van der Waals surface area contributed by atoms with Crippen molar-refractivity contribution in [2.24, 2.45) is 0 Å². The lowest BCUT2D eigenvalue weighted by Crippen LogP contribution is -1.78. The van der Waals surface area contributed by atoms with E-state index >= 15 is 0 Å². The molecule has 0 unspecified atom stereocenters. The van der Waals surface area contributed by atoms with Gasteiger partial charge in [0.2, 0.25) is 0 Å². The summed E-state index contributed by atoms with van der Waals surface area (Å²) < 4.78 is 29.4. The highest BCUT2D eigenvalue weighted by molar-refractivity contribution is 6.33. The lowest BCUT2D eigenvalue weighted by Gasteiger charge is -1.94. The van der Waals surface area contributed by atoms with Gasteiger partial charge in [-0.2, -0.15) is 0 Å². The molecule has 0 saturated heterocycles. The lowest BCUT2D eigenvalue weighted by atomic mass is 10.1. The zero-order valence-corrected chi connectivity index (χ0v) is 8.59. The molecule has 4 heteroatoms. The van der Waals surface area contributed by atoms with E-state index in [9.17, 15) is 10.6 Å². The highest BCUT2D eigenvalue weighted by Gasteiger charge is 2.21. The summed E-state index contributed by atoms with van der Waals surface area (Å²) in [5.74, 6) is 0. The first kappa shape index (κ1) is 12.5. The molecular formula is C9H11AlF3. The van der Waals surface area contributed by atoms with E-state index in [1.807, 2.05) is 0 Å². The van der Waals surface area contributed by atoms with E-state index in [1.54, 1.807) is 0 Å². The van der Waals surface area contributed by atoms with Crippen molar-refractivity contribution in [2.75, 3.05) is 0 Å². The van der Waals surface area contributed by atoms with Gasteiger partial charge in [-0.25, -0.2) is 0 Å². The summed E-state index contributed by atoms with van der Waals surface area (Å²) in [4.78, 5) is 0. The van der Waals surface area contributed by atoms with Crippen LogP contribution in [-0.2, 0) is 6.42 Å². The fourth-order valence-corrected chi connectivity index (χ4v) is 0.755. The van der Waals surface area contributed by atoms with Crippen molar-refractivity contribution in [2.45, 2.75) is 13.3 Å². The summed E-state index contributed by atoms with van der Waals surface area (Å²) in [6.07, 6.45) is 0.889. The Morgan fingerprint density at radius 2 is 1.54 bits per heavy atom. The van der Waals surface area contributed by atoms with Gasteiger partial charge in [0.15, 0.2) is 0 Å². The molecule has 1 aromatic carbocycles. The molecule has 0 nitrogen and oxygen atoms in total. The molecule has 1 rings (SSSR count). The second-order valence-corrected chi connectivity index (χ2v) is 2.98. The number of rotatable bonds is 1. The highest BCUT2D eigenvalue weighted by atomic mass is 27.3. The van der Waals surface area contributed by atoms with Crippen LogP contribution >= 0.6 is 0 Å². The van der Waals surface area contributed by atoms with Crippen LogP contribution < -0.4 is 0 Å².